The molecule has 4 rings (SSSR count). The summed E-state index contributed by atoms with van der Waals surface area (Å²) in [6, 6.07) is 18.8. The monoisotopic (exact) mass is 430 g/mol. The normalized spacial score (nSPS) is 17.8. The van der Waals surface area contributed by atoms with Crippen molar-refractivity contribution in [3.63, 3.8) is 0 Å². The first-order valence-corrected chi connectivity index (χ1v) is 11.2. The highest BCUT2D eigenvalue weighted by Gasteiger charge is 2.37. The van der Waals surface area contributed by atoms with Gasteiger partial charge in [-0.2, -0.15) is 5.10 Å². The first-order valence-electron chi connectivity index (χ1n) is 11.2. The molecule has 32 heavy (non-hydrogen) atoms. The minimum atomic E-state index is -0.355. The predicted octanol–water partition coefficient (Wildman–Crippen LogP) is 3.42. The topological polar surface area (TPSA) is 76.0 Å². The number of nitrogens with zero attached hydrogens (tertiary/aromatic N) is 2. The fourth-order valence-corrected chi connectivity index (χ4v) is 4.41. The molecule has 1 fully saturated rings. The first kappa shape index (κ1) is 21.8. The van der Waals surface area contributed by atoms with E-state index in [-0.39, 0.29) is 17.4 Å². The van der Waals surface area contributed by atoms with Gasteiger partial charge in [0.15, 0.2) is 0 Å². The number of carbonyl (C=O) groups is 2. The van der Waals surface area contributed by atoms with Gasteiger partial charge >= 0.3 is 0 Å². The maximum Gasteiger partial charge on any atom is 0.220 e. The van der Waals surface area contributed by atoms with Crippen molar-refractivity contribution in [2.75, 3.05) is 6.54 Å². The van der Waals surface area contributed by atoms with Crippen LogP contribution in [0.1, 0.15) is 36.8 Å². The number of hydrogen-bond donors (Lipinski definition) is 2. The third kappa shape index (κ3) is 5.63. The molecule has 6 nitrogen and oxygen atoms in total. The van der Waals surface area contributed by atoms with Crippen LogP contribution in [-0.4, -0.2) is 33.7 Å². The summed E-state index contributed by atoms with van der Waals surface area (Å²) in [6.45, 7) is 0.588. The summed E-state index contributed by atoms with van der Waals surface area (Å²) in [6.07, 6.45) is 7.58. The van der Waals surface area contributed by atoms with Gasteiger partial charge < -0.3 is 10.6 Å². The lowest BCUT2D eigenvalue weighted by Gasteiger charge is -2.29. The summed E-state index contributed by atoms with van der Waals surface area (Å²) in [5, 5.41) is 10.3. The zero-order valence-electron chi connectivity index (χ0n) is 18.5. The van der Waals surface area contributed by atoms with E-state index in [2.05, 4.69) is 52.1 Å². The molecule has 2 amide bonds. The van der Waals surface area contributed by atoms with E-state index >= 15 is 0 Å². The van der Waals surface area contributed by atoms with E-state index in [4.69, 9.17) is 0 Å². The maximum absolute atomic E-state index is 12.4. The van der Waals surface area contributed by atoms with Crippen LogP contribution in [0.3, 0.4) is 0 Å². The number of rotatable bonds is 9. The molecule has 2 aromatic carbocycles. The van der Waals surface area contributed by atoms with Crippen molar-refractivity contribution in [2.24, 2.45) is 7.05 Å². The van der Waals surface area contributed by atoms with Crippen molar-refractivity contribution >= 4 is 11.8 Å². The van der Waals surface area contributed by atoms with Gasteiger partial charge in [0.1, 0.15) is 0 Å². The van der Waals surface area contributed by atoms with Crippen molar-refractivity contribution in [3.05, 3.63) is 78.1 Å². The first-order chi connectivity index (χ1) is 15.5. The molecule has 0 bridgehead atoms. The molecule has 0 unspecified atom stereocenters. The van der Waals surface area contributed by atoms with Gasteiger partial charge in [-0.3, -0.25) is 14.3 Å². The van der Waals surface area contributed by atoms with Crippen LogP contribution in [0.5, 0.6) is 0 Å². The molecule has 1 atom stereocenters. The Bertz CT molecular complexity index is 1060. The molecule has 0 saturated carbocycles. The zero-order chi connectivity index (χ0) is 22.4. The molecule has 1 aromatic heterocycles. The Morgan fingerprint density at radius 2 is 1.84 bits per heavy atom. The molecule has 0 radical (unpaired) electrons. The molecule has 166 valence electrons. The van der Waals surface area contributed by atoms with E-state index in [0.29, 0.717) is 25.8 Å². The quantitative estimate of drug-likeness (QED) is 0.546. The Balaban J connectivity index is 1.33. The SMILES string of the molecule is Cn1cc(CCNC(=O)CC[C@]2(Cc3ccc(-c4ccccc4)cc3)CCC(=O)N2)cn1. The van der Waals surface area contributed by atoms with Gasteiger partial charge in [0.05, 0.1) is 6.20 Å². The van der Waals surface area contributed by atoms with E-state index in [1.807, 2.05) is 37.6 Å². The van der Waals surface area contributed by atoms with Gasteiger partial charge in [0, 0.05) is 38.2 Å². The highest BCUT2D eigenvalue weighted by Crippen LogP contribution is 2.30. The molecule has 1 aliphatic rings. The molecule has 3 aromatic rings. The lowest BCUT2D eigenvalue weighted by atomic mass is 9.84. The van der Waals surface area contributed by atoms with Crippen molar-refractivity contribution in [3.8, 4) is 11.1 Å². The molecule has 6 heteroatoms. The molecule has 1 saturated heterocycles. The maximum atomic E-state index is 12.4. The van der Waals surface area contributed by atoms with Crippen LogP contribution in [0.4, 0.5) is 0 Å². The Morgan fingerprint density at radius 1 is 1.09 bits per heavy atom. The Labute approximate surface area is 189 Å². The minimum Gasteiger partial charge on any atom is -0.356 e. The van der Waals surface area contributed by atoms with E-state index in [1.54, 1.807) is 4.68 Å². The summed E-state index contributed by atoms with van der Waals surface area (Å²) in [5.74, 6) is 0.0942. The number of carbonyl (C=O) groups excluding carboxylic acids is 2. The average Bonchev–Trinajstić information content (AvgIpc) is 3.39. The second kappa shape index (κ2) is 9.81. The van der Waals surface area contributed by atoms with Crippen molar-refractivity contribution in [1.82, 2.24) is 20.4 Å². The number of amides is 2. The molecular weight excluding hydrogens is 400 g/mol. The van der Waals surface area contributed by atoms with E-state index in [9.17, 15) is 9.59 Å². The van der Waals surface area contributed by atoms with Gasteiger partial charge in [0.2, 0.25) is 11.8 Å². The number of nitrogens with one attached hydrogen (secondary N) is 2. The van der Waals surface area contributed by atoms with Gasteiger partial charge in [-0.15, -0.1) is 0 Å². The Hall–Kier alpha value is -3.41. The van der Waals surface area contributed by atoms with Crippen LogP contribution in [0, 0.1) is 0 Å². The summed E-state index contributed by atoms with van der Waals surface area (Å²) >= 11 is 0. The standard InChI is InChI=1S/C26H30N4O2/c1-30-19-21(18-28-30)13-16-27-24(31)11-14-26(15-12-25(32)29-26)17-20-7-9-23(10-8-20)22-5-3-2-4-6-22/h2-10,18-19H,11-17H2,1H3,(H,27,31)(H,29,32)/t26-/m1/s1. The summed E-state index contributed by atoms with van der Waals surface area (Å²) in [5.41, 5.74) is 4.28. The van der Waals surface area contributed by atoms with Gasteiger partial charge in [0.25, 0.3) is 0 Å². The lowest BCUT2D eigenvalue weighted by molar-refractivity contribution is -0.122. The number of aromatic nitrogens is 2. The van der Waals surface area contributed by atoms with Crippen LogP contribution in [0.2, 0.25) is 0 Å². The third-order valence-electron chi connectivity index (χ3n) is 6.16. The molecule has 1 aliphatic heterocycles. The van der Waals surface area contributed by atoms with Crippen molar-refractivity contribution < 1.29 is 9.59 Å². The van der Waals surface area contributed by atoms with Crippen LogP contribution in [0.15, 0.2) is 67.0 Å². The van der Waals surface area contributed by atoms with Gasteiger partial charge in [-0.1, -0.05) is 54.6 Å². The Morgan fingerprint density at radius 3 is 2.50 bits per heavy atom. The molecule has 0 aliphatic carbocycles. The molecule has 0 spiro atoms. The van der Waals surface area contributed by atoms with E-state index in [0.717, 1.165) is 24.8 Å². The second-order valence-corrected chi connectivity index (χ2v) is 8.69. The largest absolute Gasteiger partial charge is 0.356 e. The second-order valence-electron chi connectivity index (χ2n) is 8.69. The zero-order valence-corrected chi connectivity index (χ0v) is 18.5. The molecular formula is C26H30N4O2. The average molecular weight is 431 g/mol. The van der Waals surface area contributed by atoms with Gasteiger partial charge in [-0.25, -0.2) is 0 Å². The van der Waals surface area contributed by atoms with Crippen molar-refractivity contribution in [1.29, 1.82) is 0 Å². The lowest BCUT2D eigenvalue weighted by Crippen LogP contribution is -2.44. The van der Waals surface area contributed by atoms with E-state index < -0.39 is 0 Å². The summed E-state index contributed by atoms with van der Waals surface area (Å²) in [7, 11) is 1.88. The smallest absolute Gasteiger partial charge is 0.220 e. The predicted molar refractivity (Wildman–Crippen MR) is 125 cm³/mol. The van der Waals surface area contributed by atoms with Gasteiger partial charge in [-0.05, 0) is 47.9 Å². The van der Waals surface area contributed by atoms with Crippen LogP contribution in [-0.2, 0) is 29.5 Å². The fraction of sp³-hybridized carbons (Fsp3) is 0.346. The van der Waals surface area contributed by atoms with Crippen LogP contribution >= 0.6 is 0 Å². The summed E-state index contributed by atoms with van der Waals surface area (Å²) < 4.78 is 1.76. The minimum absolute atomic E-state index is 0.0221. The number of benzene rings is 2. The number of hydrogen-bond acceptors (Lipinski definition) is 3. The van der Waals surface area contributed by atoms with E-state index in [1.165, 1.54) is 16.7 Å². The third-order valence-corrected chi connectivity index (χ3v) is 6.16. The highest BCUT2D eigenvalue weighted by molar-refractivity contribution is 5.80. The van der Waals surface area contributed by atoms with Crippen LogP contribution in [0.25, 0.3) is 11.1 Å². The van der Waals surface area contributed by atoms with Crippen molar-refractivity contribution in [2.45, 2.75) is 44.1 Å². The summed E-state index contributed by atoms with van der Waals surface area (Å²) in [4.78, 5) is 24.5. The molecule has 2 heterocycles. The molecule has 2 N–H and O–H groups in total. The Kier molecular flexibility index (Phi) is 6.69. The highest BCUT2D eigenvalue weighted by atomic mass is 16.2. The fourth-order valence-electron chi connectivity index (χ4n) is 4.41. The number of aryl methyl sites for hydroxylation is 1. The van der Waals surface area contributed by atoms with Crippen LogP contribution < -0.4 is 10.6 Å².